The molecule has 0 aliphatic carbocycles. The quantitative estimate of drug-likeness (QED) is 0.327. The third kappa shape index (κ3) is 31.4. The Morgan fingerprint density at radius 2 is 0.846 bits per heavy atom. The van der Waals surface area contributed by atoms with E-state index in [-0.39, 0.29) is 118 Å². The van der Waals surface area contributed by atoms with Gasteiger partial charge in [0.2, 0.25) is 0 Å². The normalized spacial score (nSPS) is 9.54. The number of rotatable bonds is 2. The van der Waals surface area contributed by atoms with Crippen LogP contribution < -0.4 is 0 Å². The molecule has 0 rings (SSSR count). The molecule has 0 atom stereocenters. The smallest absolute Gasteiger partial charge is 0.302 e. The van der Waals surface area contributed by atoms with E-state index in [0.29, 0.717) is 0 Å². The first-order chi connectivity index (χ1) is 3.71. The van der Waals surface area contributed by atoms with E-state index < -0.39 is 15.6 Å². The number of hydrogen-bond acceptors (Lipinski definition) is 3. The third-order valence-electron chi connectivity index (χ3n) is 0.213. The summed E-state index contributed by atoms with van der Waals surface area (Å²) >= 11 is 0. The van der Waals surface area contributed by atoms with E-state index in [1.165, 1.54) is 0 Å². The zero-order valence-corrected chi connectivity index (χ0v) is 17.7. The summed E-state index contributed by atoms with van der Waals surface area (Å²) in [5.74, 6) is 0. The van der Waals surface area contributed by atoms with Gasteiger partial charge >= 0.3 is 15.6 Å². The minimum absolute atomic E-state index is 0. The van der Waals surface area contributed by atoms with Crippen LogP contribution in [0.15, 0.2) is 0 Å². The summed E-state index contributed by atoms with van der Waals surface area (Å²) in [6, 6.07) is 0. The van der Waals surface area contributed by atoms with Crippen LogP contribution in [0.5, 0.6) is 0 Å². The molecule has 13 heavy (non-hydrogen) atoms. The van der Waals surface area contributed by atoms with Crippen LogP contribution in [0.2, 0.25) is 0 Å². The van der Waals surface area contributed by atoms with E-state index in [1.54, 1.807) is 0 Å². The number of hydrogen-bond donors (Lipinski definition) is 4. The van der Waals surface area contributed by atoms with E-state index in [1.807, 2.05) is 0 Å². The molecule has 4 N–H and O–H groups in total. The molecule has 0 saturated carbocycles. The summed E-state index contributed by atoms with van der Waals surface area (Å²) < 4.78 is 22.2. The molecule has 0 spiro atoms. The minimum atomic E-state index is -5.05. The van der Waals surface area contributed by atoms with Crippen molar-refractivity contribution >= 4 is 134 Å². The van der Waals surface area contributed by atoms with Crippen LogP contribution >= 0.6 is 15.6 Å². The Hall–Kier alpha value is 4.26. The Labute approximate surface area is 163 Å². The molecular formula is H4Na4O7P2. The minimum Gasteiger partial charge on any atom is -0.302 e. The summed E-state index contributed by atoms with van der Waals surface area (Å²) in [5.41, 5.74) is 0. The molecule has 0 aliphatic rings. The van der Waals surface area contributed by atoms with Gasteiger partial charge in [-0.15, -0.1) is 0 Å². The molecule has 4 radical (unpaired) electrons. The van der Waals surface area contributed by atoms with E-state index in [2.05, 4.69) is 4.31 Å². The summed E-state index contributed by atoms with van der Waals surface area (Å²) in [4.78, 5) is 31.0. The summed E-state index contributed by atoms with van der Waals surface area (Å²) in [5, 5.41) is 0. The first-order valence-electron chi connectivity index (χ1n) is 1.53. The summed E-state index contributed by atoms with van der Waals surface area (Å²) in [6.07, 6.45) is 0. The summed E-state index contributed by atoms with van der Waals surface area (Å²) in [6.45, 7) is 0. The maximum absolute atomic E-state index is 9.63. The van der Waals surface area contributed by atoms with E-state index >= 15 is 0 Å². The van der Waals surface area contributed by atoms with Gasteiger partial charge in [0.15, 0.2) is 0 Å². The molecule has 0 bridgehead atoms. The van der Waals surface area contributed by atoms with Gasteiger partial charge in [0, 0.05) is 118 Å². The van der Waals surface area contributed by atoms with Crippen molar-refractivity contribution in [3.05, 3.63) is 0 Å². The van der Waals surface area contributed by atoms with Crippen LogP contribution in [-0.2, 0) is 13.4 Å². The van der Waals surface area contributed by atoms with Crippen LogP contribution in [0.3, 0.4) is 0 Å². The van der Waals surface area contributed by atoms with E-state index in [9.17, 15) is 9.13 Å². The van der Waals surface area contributed by atoms with Crippen LogP contribution in [0.4, 0.5) is 0 Å². The number of phosphoric acid groups is 2. The molecule has 0 unspecified atom stereocenters. The van der Waals surface area contributed by atoms with Crippen molar-refractivity contribution in [3.63, 3.8) is 0 Å². The second-order valence-corrected chi connectivity index (χ2v) is 3.68. The first-order valence-corrected chi connectivity index (χ1v) is 4.59. The zero-order chi connectivity index (χ0) is 7.71. The van der Waals surface area contributed by atoms with Gasteiger partial charge in [-0.1, -0.05) is 0 Å². The molecule has 60 valence electrons. The fourth-order valence-electron chi connectivity index (χ4n) is 0.139. The molecule has 0 fully saturated rings. The second kappa shape index (κ2) is 12.7. The molecule has 0 aromatic heterocycles. The van der Waals surface area contributed by atoms with Crippen molar-refractivity contribution < 1.29 is 33.0 Å². The van der Waals surface area contributed by atoms with E-state index in [0.717, 1.165) is 0 Å². The Morgan fingerprint density at radius 1 is 0.692 bits per heavy atom. The Morgan fingerprint density at radius 3 is 0.846 bits per heavy atom. The van der Waals surface area contributed by atoms with E-state index in [4.69, 9.17) is 19.6 Å². The van der Waals surface area contributed by atoms with Crippen molar-refractivity contribution in [2.24, 2.45) is 0 Å². The fourth-order valence-corrected chi connectivity index (χ4v) is 1.25. The van der Waals surface area contributed by atoms with Gasteiger partial charge in [-0.2, -0.15) is 4.31 Å². The van der Waals surface area contributed by atoms with Crippen LogP contribution in [0.1, 0.15) is 0 Å². The molecule has 0 aliphatic heterocycles. The Kier molecular flexibility index (Phi) is 29.7. The van der Waals surface area contributed by atoms with Gasteiger partial charge in [0.25, 0.3) is 0 Å². The molecule has 0 aromatic carbocycles. The van der Waals surface area contributed by atoms with Crippen molar-refractivity contribution in [1.29, 1.82) is 0 Å². The van der Waals surface area contributed by atoms with Crippen molar-refractivity contribution in [2.75, 3.05) is 0 Å². The van der Waals surface area contributed by atoms with Gasteiger partial charge < -0.3 is 19.6 Å². The Balaban J connectivity index is -0.0000000533. The van der Waals surface area contributed by atoms with Gasteiger partial charge in [0.05, 0.1) is 0 Å². The molecule has 7 nitrogen and oxygen atoms in total. The van der Waals surface area contributed by atoms with Crippen molar-refractivity contribution in [3.8, 4) is 0 Å². The maximum Gasteiger partial charge on any atom is 0.478 e. The molecule has 0 amide bonds. The zero-order valence-electron chi connectivity index (χ0n) is 7.91. The second-order valence-electron chi connectivity index (χ2n) is 1.06. The predicted octanol–water partition coefficient (Wildman–Crippen LogP) is -2.33. The first kappa shape index (κ1) is 30.4. The SMILES string of the molecule is O=P(O)(O)OP(=O)(O)O.[Na].[Na].[Na].[Na]. The van der Waals surface area contributed by atoms with Gasteiger partial charge in [-0.05, 0) is 0 Å². The molecular weight excluding hydrogens is 266 g/mol. The molecule has 0 saturated heterocycles. The molecule has 13 heteroatoms. The van der Waals surface area contributed by atoms with Crippen LogP contribution in [0.25, 0.3) is 0 Å². The predicted molar refractivity (Wildman–Crippen MR) is 48.2 cm³/mol. The average molecular weight is 270 g/mol. The maximum atomic E-state index is 9.63. The molecule has 0 heterocycles. The van der Waals surface area contributed by atoms with Crippen LogP contribution in [-0.4, -0.2) is 138 Å². The average Bonchev–Trinajstić information content (AvgIpc) is 1.14. The standard InChI is InChI=1S/4Na.H4O7P2/c;;;;1-8(2,3)7-9(4,5)6/h;;;;(H2,1,2,3)(H2,4,5,6). The molecule has 0 aromatic rings. The Bertz CT molecular complexity index is 159. The third-order valence-corrected chi connectivity index (χ3v) is 1.91. The monoisotopic (exact) mass is 270 g/mol. The topological polar surface area (TPSA) is 124 Å². The van der Waals surface area contributed by atoms with Gasteiger partial charge in [-0.25, -0.2) is 9.13 Å². The van der Waals surface area contributed by atoms with Crippen LogP contribution in [0, 0.1) is 0 Å². The van der Waals surface area contributed by atoms with Gasteiger partial charge in [0.1, 0.15) is 0 Å². The van der Waals surface area contributed by atoms with Crippen molar-refractivity contribution in [1.82, 2.24) is 0 Å². The van der Waals surface area contributed by atoms with Crippen molar-refractivity contribution in [2.45, 2.75) is 0 Å². The largest absolute Gasteiger partial charge is 0.478 e. The fraction of sp³-hybridized carbons (Fsp3) is 0. The summed E-state index contributed by atoms with van der Waals surface area (Å²) in [7, 11) is -10.1. The van der Waals surface area contributed by atoms with Gasteiger partial charge in [-0.3, -0.25) is 0 Å².